The smallest absolute Gasteiger partial charge is 0.263 e. The number of benzene rings is 2. The molecular weight excluding hydrogens is 402 g/mol. The highest BCUT2D eigenvalue weighted by molar-refractivity contribution is 6.07. The molecule has 0 atom stereocenters. The summed E-state index contributed by atoms with van der Waals surface area (Å²) in [5.74, 6) is -0.126. The summed E-state index contributed by atoms with van der Waals surface area (Å²) in [5, 5.41) is 11.5. The van der Waals surface area contributed by atoms with Crippen LogP contribution in [0.25, 0.3) is 16.9 Å². The molecular formula is C24H21N7O. The van der Waals surface area contributed by atoms with Crippen LogP contribution in [-0.2, 0) is 6.54 Å². The highest BCUT2D eigenvalue weighted by Crippen LogP contribution is 2.21. The second-order valence-corrected chi connectivity index (χ2v) is 7.70. The maximum atomic E-state index is 12.9. The Morgan fingerprint density at radius 2 is 1.84 bits per heavy atom. The fourth-order valence-electron chi connectivity index (χ4n) is 3.59. The molecule has 5 aromatic rings. The van der Waals surface area contributed by atoms with Gasteiger partial charge in [0.2, 0.25) is 5.95 Å². The largest absolute Gasteiger partial charge is 0.289 e. The van der Waals surface area contributed by atoms with Gasteiger partial charge in [-0.05, 0) is 25.5 Å². The first kappa shape index (κ1) is 19.6. The van der Waals surface area contributed by atoms with Crippen molar-refractivity contribution < 1.29 is 4.79 Å². The van der Waals surface area contributed by atoms with E-state index in [4.69, 9.17) is 0 Å². The zero-order chi connectivity index (χ0) is 22.1. The molecule has 158 valence electrons. The molecule has 0 bridgehead atoms. The zero-order valence-electron chi connectivity index (χ0n) is 17.7. The Morgan fingerprint density at radius 1 is 1.00 bits per heavy atom. The molecule has 0 radical (unpaired) electrons. The van der Waals surface area contributed by atoms with Gasteiger partial charge in [0, 0.05) is 11.8 Å². The van der Waals surface area contributed by atoms with Crippen LogP contribution in [0.4, 0.5) is 5.95 Å². The maximum absolute atomic E-state index is 12.9. The number of nitrogens with one attached hydrogen (secondary N) is 1. The van der Waals surface area contributed by atoms with Crippen molar-refractivity contribution in [3.05, 3.63) is 95.6 Å². The fraction of sp³-hybridized carbons (Fsp3) is 0.125. The standard InChI is InChI=1S/C24H21N7O/c1-16-6-8-19(9-7-16)21-10-11-25-22-20(13-27-31(21)22)23(32)28-24-26-15-30(29-24)14-18-5-3-4-17(2)12-18/h3-13,15H,14H2,1-2H3,(H,28,29,32). The molecule has 8 heteroatoms. The Kier molecular flexibility index (Phi) is 4.95. The van der Waals surface area contributed by atoms with Crippen molar-refractivity contribution in [1.82, 2.24) is 29.4 Å². The van der Waals surface area contributed by atoms with E-state index in [1.165, 1.54) is 17.3 Å². The van der Waals surface area contributed by atoms with Crippen molar-refractivity contribution in [2.24, 2.45) is 0 Å². The predicted molar refractivity (Wildman–Crippen MR) is 121 cm³/mol. The molecule has 0 saturated heterocycles. The van der Waals surface area contributed by atoms with Crippen molar-refractivity contribution in [1.29, 1.82) is 0 Å². The first-order chi connectivity index (χ1) is 15.6. The van der Waals surface area contributed by atoms with E-state index < -0.39 is 0 Å². The maximum Gasteiger partial charge on any atom is 0.263 e. The van der Waals surface area contributed by atoms with Crippen LogP contribution in [0.5, 0.6) is 0 Å². The van der Waals surface area contributed by atoms with Crippen LogP contribution in [0.15, 0.2) is 73.3 Å². The molecule has 8 nitrogen and oxygen atoms in total. The van der Waals surface area contributed by atoms with Gasteiger partial charge in [-0.15, -0.1) is 5.10 Å². The first-order valence-corrected chi connectivity index (χ1v) is 10.2. The molecule has 0 aliphatic heterocycles. The van der Waals surface area contributed by atoms with Crippen molar-refractivity contribution in [3.63, 3.8) is 0 Å². The van der Waals surface area contributed by atoms with E-state index in [0.717, 1.165) is 16.8 Å². The van der Waals surface area contributed by atoms with E-state index in [-0.39, 0.29) is 11.9 Å². The quantitative estimate of drug-likeness (QED) is 0.463. The SMILES string of the molecule is Cc1ccc(-c2ccnc3c(C(=O)Nc4ncn(Cc5cccc(C)c5)n4)cnn23)cc1. The minimum absolute atomic E-state index is 0.233. The number of hydrogen-bond acceptors (Lipinski definition) is 5. The lowest BCUT2D eigenvalue weighted by Gasteiger charge is -2.05. The number of fused-ring (bicyclic) bond motifs is 1. The van der Waals surface area contributed by atoms with Crippen LogP contribution < -0.4 is 5.32 Å². The molecule has 0 saturated carbocycles. The topological polar surface area (TPSA) is 90.0 Å². The fourth-order valence-corrected chi connectivity index (χ4v) is 3.59. The molecule has 1 amide bonds. The van der Waals surface area contributed by atoms with Gasteiger partial charge >= 0.3 is 0 Å². The Hall–Kier alpha value is -4.33. The van der Waals surface area contributed by atoms with Crippen molar-refractivity contribution >= 4 is 17.5 Å². The molecule has 3 aromatic heterocycles. The van der Waals surface area contributed by atoms with Gasteiger partial charge < -0.3 is 0 Å². The molecule has 0 spiro atoms. The number of hydrogen-bond donors (Lipinski definition) is 1. The van der Waals surface area contributed by atoms with Crippen LogP contribution in [0.2, 0.25) is 0 Å². The second-order valence-electron chi connectivity index (χ2n) is 7.70. The van der Waals surface area contributed by atoms with E-state index in [1.807, 2.05) is 62.4 Å². The third-order valence-corrected chi connectivity index (χ3v) is 5.18. The molecule has 0 aliphatic rings. The van der Waals surface area contributed by atoms with Gasteiger partial charge in [-0.1, -0.05) is 59.7 Å². The normalized spacial score (nSPS) is 11.1. The summed E-state index contributed by atoms with van der Waals surface area (Å²) in [5.41, 5.74) is 6.15. The first-order valence-electron chi connectivity index (χ1n) is 10.2. The van der Waals surface area contributed by atoms with Gasteiger partial charge in [-0.3, -0.25) is 10.1 Å². The second kappa shape index (κ2) is 8.07. The number of carbonyl (C=O) groups excluding carboxylic acids is 1. The molecule has 3 heterocycles. The lowest BCUT2D eigenvalue weighted by molar-refractivity contribution is 0.102. The lowest BCUT2D eigenvalue weighted by atomic mass is 10.1. The predicted octanol–water partition coefficient (Wildman–Crippen LogP) is 3.91. The molecule has 32 heavy (non-hydrogen) atoms. The van der Waals surface area contributed by atoms with E-state index in [0.29, 0.717) is 17.8 Å². The molecule has 0 aliphatic carbocycles. The average Bonchev–Trinajstić information content (AvgIpc) is 3.41. The molecule has 0 fully saturated rings. The van der Waals surface area contributed by atoms with Crippen molar-refractivity contribution in [2.45, 2.75) is 20.4 Å². The number of aryl methyl sites for hydroxylation is 2. The van der Waals surface area contributed by atoms with Crippen LogP contribution >= 0.6 is 0 Å². The number of carbonyl (C=O) groups is 1. The van der Waals surface area contributed by atoms with Crippen molar-refractivity contribution in [3.8, 4) is 11.3 Å². The number of nitrogens with zero attached hydrogens (tertiary/aromatic N) is 6. The van der Waals surface area contributed by atoms with Crippen LogP contribution in [0.1, 0.15) is 27.0 Å². The summed E-state index contributed by atoms with van der Waals surface area (Å²) >= 11 is 0. The summed E-state index contributed by atoms with van der Waals surface area (Å²) in [7, 11) is 0. The van der Waals surface area contributed by atoms with Crippen LogP contribution in [0.3, 0.4) is 0 Å². The Bertz CT molecular complexity index is 1420. The third kappa shape index (κ3) is 3.85. The highest BCUT2D eigenvalue weighted by atomic mass is 16.1. The van der Waals surface area contributed by atoms with Gasteiger partial charge in [-0.2, -0.15) is 5.10 Å². The van der Waals surface area contributed by atoms with Gasteiger partial charge in [0.15, 0.2) is 5.65 Å². The number of anilines is 1. The van der Waals surface area contributed by atoms with E-state index >= 15 is 0 Å². The average molecular weight is 423 g/mol. The Balaban J connectivity index is 1.37. The summed E-state index contributed by atoms with van der Waals surface area (Å²) < 4.78 is 3.36. The molecule has 1 N–H and O–H groups in total. The monoisotopic (exact) mass is 423 g/mol. The number of amides is 1. The van der Waals surface area contributed by atoms with Gasteiger partial charge in [0.1, 0.15) is 11.9 Å². The molecule has 5 rings (SSSR count). The minimum atomic E-state index is -0.359. The third-order valence-electron chi connectivity index (χ3n) is 5.18. The van der Waals surface area contributed by atoms with Crippen molar-refractivity contribution in [2.75, 3.05) is 5.32 Å². The number of aromatic nitrogens is 6. The summed E-state index contributed by atoms with van der Waals surface area (Å²) in [6.45, 7) is 4.66. The summed E-state index contributed by atoms with van der Waals surface area (Å²) in [4.78, 5) is 21.5. The van der Waals surface area contributed by atoms with Crippen LogP contribution in [-0.4, -0.2) is 35.3 Å². The van der Waals surface area contributed by atoms with Gasteiger partial charge in [-0.25, -0.2) is 19.2 Å². The minimum Gasteiger partial charge on any atom is -0.289 e. The van der Waals surface area contributed by atoms with E-state index in [2.05, 4.69) is 31.5 Å². The van der Waals surface area contributed by atoms with Gasteiger partial charge in [0.05, 0.1) is 18.4 Å². The molecule has 0 unspecified atom stereocenters. The summed E-state index contributed by atoms with van der Waals surface area (Å²) in [6.07, 6.45) is 4.79. The van der Waals surface area contributed by atoms with Crippen LogP contribution in [0, 0.1) is 13.8 Å². The lowest BCUT2D eigenvalue weighted by Crippen LogP contribution is -2.14. The number of rotatable bonds is 5. The summed E-state index contributed by atoms with van der Waals surface area (Å²) in [6, 6.07) is 18.2. The van der Waals surface area contributed by atoms with Gasteiger partial charge in [0.25, 0.3) is 5.91 Å². The highest BCUT2D eigenvalue weighted by Gasteiger charge is 2.17. The Morgan fingerprint density at radius 3 is 2.66 bits per heavy atom. The zero-order valence-corrected chi connectivity index (χ0v) is 17.7. The van der Waals surface area contributed by atoms with E-state index in [9.17, 15) is 4.79 Å². The van der Waals surface area contributed by atoms with E-state index in [1.54, 1.807) is 21.7 Å². The Labute approximate surface area is 184 Å². The molecule has 2 aromatic carbocycles.